The molecule has 9 nitrogen and oxygen atoms in total. The van der Waals surface area contributed by atoms with E-state index in [1.54, 1.807) is 0 Å². The number of nitrogens with zero attached hydrogens (tertiary/aromatic N) is 1. The monoisotopic (exact) mass is 1150 g/mol. The fraction of sp³-hybridized carbons (Fsp3) is 0.635. The third kappa shape index (κ3) is 64.6. The van der Waals surface area contributed by atoms with E-state index in [9.17, 15) is 19.5 Å². The summed E-state index contributed by atoms with van der Waals surface area (Å²) >= 11 is 0. The number of aliphatic carboxylic acids is 1. The van der Waals surface area contributed by atoms with E-state index in [2.05, 4.69) is 160 Å². The molecule has 0 aliphatic carbocycles. The molecule has 2 atom stereocenters. The lowest BCUT2D eigenvalue weighted by Crippen LogP contribution is -2.44. The molecule has 83 heavy (non-hydrogen) atoms. The van der Waals surface area contributed by atoms with Crippen LogP contribution < -0.4 is 5.11 Å². The normalized spacial score (nSPS) is 13.7. The molecular formula is C74H121NO8. The van der Waals surface area contributed by atoms with Gasteiger partial charge in [0.15, 0.2) is 12.4 Å². The predicted octanol–water partition coefficient (Wildman–Crippen LogP) is 19.0. The summed E-state index contributed by atoms with van der Waals surface area (Å²) < 4.78 is 22.7. The van der Waals surface area contributed by atoms with Crippen molar-refractivity contribution in [3.63, 3.8) is 0 Å². The number of esters is 2. The quantitative estimate of drug-likeness (QED) is 0.0195. The highest BCUT2D eigenvalue weighted by Gasteiger charge is 2.22. The Bertz CT molecular complexity index is 1870. The minimum absolute atomic E-state index is 0.132. The lowest BCUT2D eigenvalue weighted by atomic mass is 10.0. The van der Waals surface area contributed by atoms with E-state index in [4.69, 9.17) is 18.9 Å². The van der Waals surface area contributed by atoms with E-state index in [-0.39, 0.29) is 38.6 Å². The first-order valence-electron chi connectivity index (χ1n) is 33.0. The Labute approximate surface area is 509 Å². The topological polar surface area (TPSA) is 111 Å². The number of carbonyl (C=O) groups is 3. The van der Waals surface area contributed by atoms with Crippen LogP contribution in [0.3, 0.4) is 0 Å². The highest BCUT2D eigenvalue weighted by Crippen LogP contribution is 2.16. The Kier molecular flexibility index (Phi) is 59.5. The van der Waals surface area contributed by atoms with Crippen molar-refractivity contribution in [3.05, 3.63) is 146 Å². The molecule has 9 heteroatoms. The number of hydrogen-bond donors (Lipinski definition) is 0. The standard InChI is InChI=1S/C74H121NO8/c1-6-8-10-12-14-16-18-20-22-24-26-28-30-32-34-35-36-37-39-40-42-44-46-48-50-52-54-56-58-60-62-64-71(76)81-68-70(69-82-74(73(78)79)80-67-66-75(3,4)5)83-72(77)65-63-61-59-57-55-53-51-49-47-45-43-41-38-33-31-29-27-25-23-21-19-17-15-13-11-9-7-2/h8-11,14-17,20-23,26-29,33,38,43,45,49,51,55,57,70,74H,6-7,12-13,18-19,24-25,30-32,34-37,39-42,44,46-48,50,52-54,56,58-69H2,1-5H3/b10-8-,11-9-,16-14-,17-15-,22-20-,23-21-,28-26-,29-27-,38-33-,45-43-,51-49-,57-55-. The zero-order chi connectivity index (χ0) is 60.5. The van der Waals surface area contributed by atoms with Crippen molar-refractivity contribution < 1.29 is 42.9 Å². The third-order valence-corrected chi connectivity index (χ3v) is 13.6. The van der Waals surface area contributed by atoms with Crippen molar-refractivity contribution in [1.82, 2.24) is 0 Å². The second-order valence-corrected chi connectivity index (χ2v) is 22.6. The Morgan fingerprint density at radius 2 is 0.651 bits per heavy atom. The fourth-order valence-electron chi connectivity index (χ4n) is 8.60. The maximum Gasteiger partial charge on any atom is 0.306 e. The number of allylic oxidation sites excluding steroid dienone is 24. The summed E-state index contributed by atoms with van der Waals surface area (Å²) in [6, 6.07) is 0. The van der Waals surface area contributed by atoms with Crippen LogP contribution in [0.25, 0.3) is 0 Å². The predicted molar refractivity (Wildman–Crippen MR) is 352 cm³/mol. The molecule has 0 aromatic heterocycles. The average Bonchev–Trinajstić information content (AvgIpc) is 3.46. The zero-order valence-electron chi connectivity index (χ0n) is 53.5. The van der Waals surface area contributed by atoms with Gasteiger partial charge in [-0.05, 0) is 116 Å². The number of carboxylic acid groups (broad SMARTS) is 1. The molecule has 0 bridgehead atoms. The molecule has 2 unspecified atom stereocenters. The number of unbranched alkanes of at least 4 members (excludes halogenated alkanes) is 20. The van der Waals surface area contributed by atoms with Gasteiger partial charge in [0, 0.05) is 12.8 Å². The van der Waals surface area contributed by atoms with Gasteiger partial charge in [-0.15, -0.1) is 0 Å². The van der Waals surface area contributed by atoms with Gasteiger partial charge in [-0.2, -0.15) is 0 Å². The van der Waals surface area contributed by atoms with Crippen LogP contribution in [0.1, 0.15) is 245 Å². The van der Waals surface area contributed by atoms with Crippen molar-refractivity contribution in [3.8, 4) is 0 Å². The second kappa shape index (κ2) is 63.2. The molecule has 470 valence electrons. The summed E-state index contributed by atoms with van der Waals surface area (Å²) in [6.07, 6.45) is 89.2. The highest BCUT2D eigenvalue weighted by atomic mass is 16.7. The van der Waals surface area contributed by atoms with E-state index in [1.165, 1.54) is 103 Å². The van der Waals surface area contributed by atoms with Crippen molar-refractivity contribution >= 4 is 17.9 Å². The Morgan fingerprint density at radius 1 is 0.361 bits per heavy atom. The summed E-state index contributed by atoms with van der Waals surface area (Å²) in [5, 5.41) is 11.8. The van der Waals surface area contributed by atoms with Crippen LogP contribution in [0.2, 0.25) is 0 Å². The first-order chi connectivity index (χ1) is 40.6. The van der Waals surface area contributed by atoms with Crippen LogP contribution >= 0.6 is 0 Å². The number of rotatable bonds is 59. The number of quaternary nitrogens is 1. The van der Waals surface area contributed by atoms with E-state index < -0.39 is 24.3 Å². The molecule has 0 heterocycles. The Balaban J connectivity index is 4.24. The Hall–Kier alpha value is -4.83. The molecule has 0 saturated carbocycles. The summed E-state index contributed by atoms with van der Waals surface area (Å²) in [5.74, 6) is -2.35. The molecule has 0 amide bonds. The number of ether oxygens (including phenoxy) is 4. The molecule has 0 fully saturated rings. The van der Waals surface area contributed by atoms with Gasteiger partial charge in [0.2, 0.25) is 0 Å². The van der Waals surface area contributed by atoms with Gasteiger partial charge in [0.1, 0.15) is 13.2 Å². The van der Waals surface area contributed by atoms with E-state index in [0.29, 0.717) is 17.4 Å². The van der Waals surface area contributed by atoms with Gasteiger partial charge < -0.3 is 33.3 Å². The van der Waals surface area contributed by atoms with Crippen LogP contribution in [0.15, 0.2) is 146 Å². The molecule has 0 rings (SSSR count). The molecule has 0 N–H and O–H groups in total. The molecule has 0 radical (unpaired) electrons. The Morgan fingerprint density at radius 3 is 0.988 bits per heavy atom. The fourth-order valence-corrected chi connectivity index (χ4v) is 8.60. The van der Waals surface area contributed by atoms with Crippen LogP contribution in [0, 0.1) is 0 Å². The van der Waals surface area contributed by atoms with Crippen LogP contribution in [-0.2, 0) is 33.3 Å². The zero-order valence-corrected chi connectivity index (χ0v) is 53.5. The van der Waals surface area contributed by atoms with Crippen molar-refractivity contribution in [2.45, 2.75) is 257 Å². The van der Waals surface area contributed by atoms with E-state index in [1.807, 2.05) is 21.1 Å². The molecule has 0 aromatic rings. The lowest BCUT2D eigenvalue weighted by Gasteiger charge is -2.26. The number of likely N-dealkylation sites (N-methyl/N-ethyl adjacent to an activating group) is 1. The molecule has 0 aromatic carbocycles. The summed E-state index contributed by atoms with van der Waals surface area (Å²) in [5.41, 5.74) is 0. The van der Waals surface area contributed by atoms with Crippen LogP contribution in [-0.4, -0.2) is 82.3 Å². The average molecular weight is 1150 g/mol. The lowest BCUT2D eigenvalue weighted by molar-refractivity contribution is -0.870. The highest BCUT2D eigenvalue weighted by molar-refractivity contribution is 5.70. The second-order valence-electron chi connectivity index (χ2n) is 22.6. The van der Waals surface area contributed by atoms with Crippen LogP contribution in [0.4, 0.5) is 0 Å². The van der Waals surface area contributed by atoms with Gasteiger partial charge in [0.05, 0.1) is 40.3 Å². The van der Waals surface area contributed by atoms with Gasteiger partial charge in [-0.1, -0.05) is 262 Å². The summed E-state index contributed by atoms with van der Waals surface area (Å²) in [6.45, 7) is 4.47. The SMILES string of the molecule is CC/C=C\C/C=C\C/C=C\C/C=C\C/C=C\C/C=C\C/C=C\C/C=C\CCCCC(=O)OC(COC(=O)CCCCCCCCCCCCCCCCCCCC/C=C\C/C=C\C/C=C\C/C=C\CC)COC(OCC[N+](C)(C)C)C(=O)[O-]. The molecular weight excluding hydrogens is 1030 g/mol. The first-order valence-corrected chi connectivity index (χ1v) is 33.0. The van der Waals surface area contributed by atoms with E-state index >= 15 is 0 Å². The molecule has 0 aliphatic heterocycles. The third-order valence-electron chi connectivity index (χ3n) is 13.6. The summed E-state index contributed by atoms with van der Waals surface area (Å²) in [7, 11) is 5.90. The molecule has 0 saturated heterocycles. The largest absolute Gasteiger partial charge is 0.545 e. The van der Waals surface area contributed by atoms with Gasteiger partial charge in [0.25, 0.3) is 0 Å². The maximum absolute atomic E-state index is 12.9. The minimum Gasteiger partial charge on any atom is -0.545 e. The smallest absolute Gasteiger partial charge is 0.306 e. The molecule has 0 aliphatic rings. The van der Waals surface area contributed by atoms with Crippen molar-refractivity contribution in [2.24, 2.45) is 0 Å². The number of carboxylic acids is 1. The van der Waals surface area contributed by atoms with Gasteiger partial charge in [-0.3, -0.25) is 9.59 Å². The summed E-state index contributed by atoms with van der Waals surface area (Å²) in [4.78, 5) is 37.4. The first kappa shape index (κ1) is 78.2. The van der Waals surface area contributed by atoms with Crippen molar-refractivity contribution in [2.75, 3.05) is 47.5 Å². The van der Waals surface area contributed by atoms with Gasteiger partial charge in [-0.25, -0.2) is 0 Å². The minimum atomic E-state index is -1.64. The molecule has 0 spiro atoms. The van der Waals surface area contributed by atoms with Gasteiger partial charge >= 0.3 is 11.9 Å². The number of carbonyl (C=O) groups excluding carboxylic acids is 3. The maximum atomic E-state index is 12.9. The van der Waals surface area contributed by atoms with Crippen molar-refractivity contribution in [1.29, 1.82) is 0 Å². The van der Waals surface area contributed by atoms with E-state index in [0.717, 1.165) is 109 Å². The van der Waals surface area contributed by atoms with Crippen LogP contribution in [0.5, 0.6) is 0 Å². The number of hydrogen-bond acceptors (Lipinski definition) is 8.